The molecular formula is C19H23FN2O2S. The molecule has 1 atom stereocenters. The average molecular weight is 362 g/mol. The highest BCUT2D eigenvalue weighted by Gasteiger charge is 2.27. The highest BCUT2D eigenvalue weighted by atomic mass is 32.1. The number of aromatic nitrogens is 1. The number of rotatable bonds is 5. The van der Waals surface area contributed by atoms with E-state index in [0.717, 1.165) is 41.4 Å². The Kier molecular flexibility index (Phi) is 5.68. The molecule has 0 aliphatic carbocycles. The first kappa shape index (κ1) is 17.9. The number of amides is 1. The van der Waals surface area contributed by atoms with Crippen molar-refractivity contribution in [1.82, 2.24) is 9.88 Å². The van der Waals surface area contributed by atoms with Crippen molar-refractivity contribution in [2.24, 2.45) is 5.92 Å². The fourth-order valence-electron chi connectivity index (χ4n) is 3.08. The van der Waals surface area contributed by atoms with Crippen LogP contribution in [-0.2, 0) is 6.42 Å². The molecular weight excluding hydrogens is 339 g/mol. The Balaban J connectivity index is 1.59. The van der Waals surface area contributed by atoms with Crippen LogP contribution in [0.5, 0.6) is 5.75 Å². The molecule has 3 rings (SSSR count). The van der Waals surface area contributed by atoms with Crippen LogP contribution in [0.3, 0.4) is 0 Å². The van der Waals surface area contributed by atoms with Gasteiger partial charge in [0.2, 0.25) is 0 Å². The lowest BCUT2D eigenvalue weighted by molar-refractivity contribution is 0.0637. The number of halogens is 1. The van der Waals surface area contributed by atoms with Crippen molar-refractivity contribution in [2.45, 2.75) is 33.1 Å². The number of ether oxygens (including phenoxy) is 1. The number of piperidine rings is 1. The molecule has 1 saturated heterocycles. The number of likely N-dealkylation sites (tertiary alicyclic amines) is 1. The highest BCUT2D eigenvalue weighted by molar-refractivity contribution is 7.13. The maximum atomic E-state index is 12.9. The van der Waals surface area contributed by atoms with E-state index >= 15 is 0 Å². The molecule has 1 aliphatic heterocycles. The molecule has 0 saturated carbocycles. The molecule has 0 N–H and O–H groups in total. The van der Waals surface area contributed by atoms with Gasteiger partial charge in [-0.15, -0.1) is 11.3 Å². The van der Waals surface area contributed by atoms with Crippen LogP contribution >= 0.6 is 11.3 Å². The van der Waals surface area contributed by atoms with Gasteiger partial charge in [-0.1, -0.05) is 6.92 Å². The zero-order valence-corrected chi connectivity index (χ0v) is 15.4. The minimum atomic E-state index is -0.270. The van der Waals surface area contributed by atoms with Crippen LogP contribution in [0.4, 0.5) is 4.39 Å². The van der Waals surface area contributed by atoms with Crippen LogP contribution in [0, 0.1) is 18.7 Å². The van der Waals surface area contributed by atoms with Crippen LogP contribution in [0.2, 0.25) is 0 Å². The number of carbonyl (C=O) groups excluding carboxylic acids is 1. The molecule has 0 radical (unpaired) electrons. The summed E-state index contributed by atoms with van der Waals surface area (Å²) in [5.41, 5.74) is 0.830. The molecule has 1 aliphatic rings. The highest BCUT2D eigenvalue weighted by Crippen LogP contribution is 2.24. The van der Waals surface area contributed by atoms with Crippen LogP contribution < -0.4 is 4.74 Å². The summed E-state index contributed by atoms with van der Waals surface area (Å²) in [6.07, 6.45) is 2.86. The van der Waals surface area contributed by atoms with E-state index in [9.17, 15) is 9.18 Å². The Morgan fingerprint density at radius 2 is 2.16 bits per heavy atom. The lowest BCUT2D eigenvalue weighted by atomic mass is 9.98. The van der Waals surface area contributed by atoms with E-state index < -0.39 is 0 Å². The lowest BCUT2D eigenvalue weighted by Crippen LogP contribution is -2.41. The first-order valence-corrected chi connectivity index (χ1v) is 9.52. The quantitative estimate of drug-likeness (QED) is 0.805. The van der Waals surface area contributed by atoms with Gasteiger partial charge in [-0.2, -0.15) is 0 Å². The first-order chi connectivity index (χ1) is 12.1. The fourth-order valence-corrected chi connectivity index (χ4v) is 4.05. The molecule has 6 heteroatoms. The lowest BCUT2D eigenvalue weighted by Gasteiger charge is -2.32. The van der Waals surface area contributed by atoms with Crippen LogP contribution in [-0.4, -0.2) is 35.5 Å². The molecule has 1 fully saturated rings. The maximum absolute atomic E-state index is 12.9. The Morgan fingerprint density at radius 3 is 2.84 bits per heavy atom. The van der Waals surface area contributed by atoms with Gasteiger partial charge in [0.1, 0.15) is 16.4 Å². The largest absolute Gasteiger partial charge is 0.493 e. The third kappa shape index (κ3) is 4.37. The van der Waals surface area contributed by atoms with Crippen LogP contribution in [0.1, 0.15) is 40.1 Å². The minimum absolute atomic E-state index is 0.0844. The minimum Gasteiger partial charge on any atom is -0.493 e. The van der Waals surface area contributed by atoms with Crippen molar-refractivity contribution in [2.75, 3.05) is 19.7 Å². The number of carbonyl (C=O) groups is 1. The molecule has 0 bridgehead atoms. The van der Waals surface area contributed by atoms with Gasteiger partial charge in [0, 0.05) is 19.0 Å². The number of aryl methyl sites for hydroxylation is 2. The number of hydrogen-bond donors (Lipinski definition) is 0. The molecule has 25 heavy (non-hydrogen) atoms. The van der Waals surface area contributed by atoms with Gasteiger partial charge >= 0.3 is 0 Å². The summed E-state index contributed by atoms with van der Waals surface area (Å²) in [5.74, 6) is 0.770. The van der Waals surface area contributed by atoms with Crippen molar-refractivity contribution in [3.63, 3.8) is 0 Å². The summed E-state index contributed by atoms with van der Waals surface area (Å²) in [5, 5.41) is 1.01. The monoisotopic (exact) mass is 362 g/mol. The summed E-state index contributed by atoms with van der Waals surface area (Å²) in [4.78, 5) is 20.0. The van der Waals surface area contributed by atoms with Crippen molar-refractivity contribution in [3.8, 4) is 5.75 Å². The predicted octanol–water partition coefficient (Wildman–Crippen LogP) is 4.08. The predicted molar refractivity (Wildman–Crippen MR) is 96.8 cm³/mol. The second-order valence-electron chi connectivity index (χ2n) is 6.40. The van der Waals surface area contributed by atoms with E-state index in [1.165, 1.54) is 23.5 Å². The summed E-state index contributed by atoms with van der Waals surface area (Å²) >= 11 is 1.50. The number of hydrogen-bond acceptors (Lipinski definition) is 4. The first-order valence-electron chi connectivity index (χ1n) is 8.70. The molecule has 1 amide bonds. The van der Waals surface area contributed by atoms with Gasteiger partial charge in [-0.3, -0.25) is 4.79 Å². The van der Waals surface area contributed by atoms with Crippen LogP contribution in [0.15, 0.2) is 24.3 Å². The summed E-state index contributed by atoms with van der Waals surface area (Å²) in [7, 11) is 0. The third-order valence-corrected chi connectivity index (χ3v) is 5.73. The van der Waals surface area contributed by atoms with Gasteiger partial charge in [0.05, 0.1) is 17.3 Å². The Labute approximate surface area is 151 Å². The van der Waals surface area contributed by atoms with Gasteiger partial charge in [0.25, 0.3) is 5.91 Å². The van der Waals surface area contributed by atoms with Crippen LogP contribution in [0.25, 0.3) is 0 Å². The summed E-state index contributed by atoms with van der Waals surface area (Å²) in [6.45, 7) is 5.97. The smallest absolute Gasteiger partial charge is 0.265 e. The number of nitrogens with zero attached hydrogens (tertiary/aromatic N) is 2. The summed E-state index contributed by atoms with van der Waals surface area (Å²) < 4.78 is 18.7. The van der Waals surface area contributed by atoms with E-state index in [1.807, 2.05) is 11.8 Å². The molecule has 2 aromatic rings. The molecule has 0 unspecified atom stereocenters. The van der Waals surface area contributed by atoms with Gasteiger partial charge < -0.3 is 9.64 Å². The van der Waals surface area contributed by atoms with E-state index in [-0.39, 0.29) is 11.7 Å². The number of thiazole rings is 1. The normalized spacial score (nSPS) is 17.6. The van der Waals surface area contributed by atoms with Gasteiger partial charge in [0.15, 0.2) is 0 Å². The standard InChI is InChI=1S/C19H23FN2O2S/c1-3-17-21-13(2)18(25-17)19(23)22-10-4-5-14(11-22)12-24-16-8-6-15(20)7-9-16/h6-9,14H,3-5,10-12H2,1-2H3/t14-/m0/s1. The van der Waals surface area contributed by atoms with E-state index in [1.54, 1.807) is 12.1 Å². The molecule has 0 spiro atoms. The molecule has 134 valence electrons. The zero-order chi connectivity index (χ0) is 17.8. The Bertz CT molecular complexity index is 730. The van der Waals surface area contributed by atoms with E-state index in [2.05, 4.69) is 11.9 Å². The Morgan fingerprint density at radius 1 is 1.40 bits per heavy atom. The van der Waals surface area contributed by atoms with Gasteiger partial charge in [-0.05, 0) is 50.5 Å². The van der Waals surface area contributed by atoms with E-state index in [4.69, 9.17) is 4.74 Å². The third-order valence-electron chi connectivity index (χ3n) is 4.44. The van der Waals surface area contributed by atoms with Gasteiger partial charge in [-0.25, -0.2) is 9.37 Å². The maximum Gasteiger partial charge on any atom is 0.265 e. The zero-order valence-electron chi connectivity index (χ0n) is 14.6. The number of benzene rings is 1. The second kappa shape index (κ2) is 7.95. The van der Waals surface area contributed by atoms with Crippen molar-refractivity contribution in [3.05, 3.63) is 45.7 Å². The second-order valence-corrected chi connectivity index (χ2v) is 7.48. The van der Waals surface area contributed by atoms with Crippen molar-refractivity contribution in [1.29, 1.82) is 0 Å². The SMILES string of the molecule is CCc1nc(C)c(C(=O)N2CCC[C@H](COc3ccc(F)cc3)C2)s1. The van der Waals surface area contributed by atoms with E-state index in [0.29, 0.717) is 24.8 Å². The van der Waals surface area contributed by atoms with Crippen molar-refractivity contribution < 1.29 is 13.9 Å². The molecule has 4 nitrogen and oxygen atoms in total. The topological polar surface area (TPSA) is 42.4 Å². The molecule has 2 heterocycles. The molecule has 1 aromatic carbocycles. The van der Waals surface area contributed by atoms with Crippen molar-refractivity contribution >= 4 is 17.2 Å². The summed E-state index contributed by atoms with van der Waals surface area (Å²) in [6, 6.07) is 6.05. The molecule has 1 aromatic heterocycles. The fraction of sp³-hybridized carbons (Fsp3) is 0.474. The average Bonchev–Trinajstić information content (AvgIpc) is 3.02. The Hall–Kier alpha value is -1.95.